The van der Waals surface area contributed by atoms with Crippen LogP contribution in [0.4, 0.5) is 0 Å². The lowest BCUT2D eigenvalue weighted by Crippen LogP contribution is -2.09. The van der Waals surface area contributed by atoms with Crippen LogP contribution in [-0.2, 0) is 4.74 Å². The molecule has 0 unspecified atom stereocenters. The molecule has 2 N–H and O–H groups in total. The smallest absolute Gasteiger partial charge is 0.153 e. The number of aliphatic hydroxyl groups is 2. The molecule has 0 aliphatic carbocycles. The van der Waals surface area contributed by atoms with Crippen LogP contribution in [0.3, 0.4) is 0 Å². The van der Waals surface area contributed by atoms with E-state index < -0.39 is 6.29 Å². The van der Waals surface area contributed by atoms with E-state index in [0.717, 1.165) is 13.0 Å². The van der Waals surface area contributed by atoms with Crippen LogP contribution in [0.25, 0.3) is 0 Å². The van der Waals surface area contributed by atoms with Crippen LogP contribution in [-0.4, -0.2) is 29.7 Å². The lowest BCUT2D eigenvalue weighted by Gasteiger charge is -2.04. The number of hydrogen-bond donors (Lipinski definition) is 2. The average Bonchev–Trinajstić information content (AvgIpc) is 2.02. The van der Waals surface area contributed by atoms with Crippen LogP contribution >= 0.6 is 0 Å². The van der Waals surface area contributed by atoms with Crippen molar-refractivity contribution in [2.75, 3.05) is 13.2 Å². The molecular formula is C9H20O3. The van der Waals surface area contributed by atoms with Gasteiger partial charge in [0.2, 0.25) is 0 Å². The topological polar surface area (TPSA) is 49.7 Å². The monoisotopic (exact) mass is 176 g/mol. The van der Waals surface area contributed by atoms with Gasteiger partial charge in [-0.15, -0.1) is 0 Å². The summed E-state index contributed by atoms with van der Waals surface area (Å²) in [5.74, 6) is 0. The van der Waals surface area contributed by atoms with Gasteiger partial charge in [-0.2, -0.15) is 0 Å². The Hall–Kier alpha value is -0.120. The summed E-state index contributed by atoms with van der Waals surface area (Å²) >= 11 is 0. The number of aliphatic hydroxyl groups excluding tert-OH is 1. The standard InChI is InChI=1S/C9H20O3/c1-2-3-4-5-7-12-8-6-9(10)11/h9-11H,2-8H2,1H3. The molecule has 0 heterocycles. The van der Waals surface area contributed by atoms with Gasteiger partial charge in [-0.05, 0) is 6.42 Å². The van der Waals surface area contributed by atoms with E-state index in [1.54, 1.807) is 0 Å². The van der Waals surface area contributed by atoms with Crippen LogP contribution in [0.1, 0.15) is 39.0 Å². The molecule has 3 nitrogen and oxygen atoms in total. The van der Waals surface area contributed by atoms with Crippen molar-refractivity contribution in [3.8, 4) is 0 Å². The largest absolute Gasteiger partial charge is 0.381 e. The lowest BCUT2D eigenvalue weighted by molar-refractivity contribution is -0.0611. The van der Waals surface area contributed by atoms with Gasteiger partial charge in [0.15, 0.2) is 6.29 Å². The molecule has 0 bridgehead atoms. The highest BCUT2D eigenvalue weighted by Gasteiger charge is 1.95. The van der Waals surface area contributed by atoms with Crippen molar-refractivity contribution in [1.82, 2.24) is 0 Å². The minimum absolute atomic E-state index is 0.313. The Morgan fingerprint density at radius 1 is 1.08 bits per heavy atom. The highest BCUT2D eigenvalue weighted by atomic mass is 16.5. The van der Waals surface area contributed by atoms with Crippen molar-refractivity contribution in [1.29, 1.82) is 0 Å². The molecule has 0 amide bonds. The third kappa shape index (κ3) is 9.88. The molecule has 0 spiro atoms. The fourth-order valence-electron chi connectivity index (χ4n) is 0.922. The first-order chi connectivity index (χ1) is 5.77. The zero-order valence-electron chi connectivity index (χ0n) is 7.83. The molecule has 0 fully saturated rings. The highest BCUT2D eigenvalue weighted by molar-refractivity contribution is 4.41. The fourth-order valence-corrected chi connectivity index (χ4v) is 0.922. The van der Waals surface area contributed by atoms with E-state index in [0.29, 0.717) is 13.0 Å². The van der Waals surface area contributed by atoms with Gasteiger partial charge in [0.25, 0.3) is 0 Å². The van der Waals surface area contributed by atoms with Crippen LogP contribution in [0, 0.1) is 0 Å². The normalized spacial score (nSPS) is 11.0. The molecule has 74 valence electrons. The first-order valence-electron chi connectivity index (χ1n) is 4.71. The van der Waals surface area contributed by atoms with Crippen molar-refractivity contribution < 1.29 is 14.9 Å². The second-order valence-electron chi connectivity index (χ2n) is 2.94. The second kappa shape index (κ2) is 8.97. The first kappa shape index (κ1) is 11.9. The maximum atomic E-state index is 8.47. The summed E-state index contributed by atoms with van der Waals surface area (Å²) in [6, 6.07) is 0. The van der Waals surface area contributed by atoms with E-state index in [1.807, 2.05) is 0 Å². The summed E-state index contributed by atoms with van der Waals surface area (Å²) in [7, 11) is 0. The van der Waals surface area contributed by atoms with E-state index in [1.165, 1.54) is 19.3 Å². The van der Waals surface area contributed by atoms with Crippen molar-refractivity contribution in [3.63, 3.8) is 0 Å². The Kier molecular flexibility index (Phi) is 8.88. The zero-order chi connectivity index (χ0) is 9.23. The van der Waals surface area contributed by atoms with E-state index in [9.17, 15) is 0 Å². The number of ether oxygens (including phenoxy) is 1. The summed E-state index contributed by atoms with van der Waals surface area (Å²) in [6.07, 6.45) is 3.86. The third-order valence-electron chi connectivity index (χ3n) is 1.66. The molecule has 0 aliphatic heterocycles. The van der Waals surface area contributed by atoms with Crippen molar-refractivity contribution in [2.24, 2.45) is 0 Å². The molecule has 0 saturated carbocycles. The molecule has 0 rings (SSSR count). The zero-order valence-corrected chi connectivity index (χ0v) is 7.83. The molecule has 0 aromatic rings. The van der Waals surface area contributed by atoms with Crippen molar-refractivity contribution >= 4 is 0 Å². The minimum atomic E-state index is -1.22. The van der Waals surface area contributed by atoms with Gasteiger partial charge >= 0.3 is 0 Å². The molecule has 0 saturated heterocycles. The van der Waals surface area contributed by atoms with Gasteiger partial charge in [-0.25, -0.2) is 0 Å². The van der Waals surface area contributed by atoms with Gasteiger partial charge in [0, 0.05) is 13.0 Å². The van der Waals surface area contributed by atoms with Gasteiger partial charge in [-0.1, -0.05) is 26.2 Å². The molecule has 0 aromatic carbocycles. The Balaban J connectivity index is 2.82. The van der Waals surface area contributed by atoms with E-state index in [-0.39, 0.29) is 0 Å². The summed E-state index contributed by atoms with van der Waals surface area (Å²) in [5.41, 5.74) is 0. The lowest BCUT2D eigenvalue weighted by atomic mass is 10.2. The van der Waals surface area contributed by atoms with Crippen LogP contribution in [0.5, 0.6) is 0 Å². The number of unbranched alkanes of at least 4 members (excludes halogenated alkanes) is 3. The van der Waals surface area contributed by atoms with E-state index in [4.69, 9.17) is 14.9 Å². The quantitative estimate of drug-likeness (QED) is 0.432. The molecule has 0 aromatic heterocycles. The predicted octanol–water partition coefficient (Wildman–Crippen LogP) is 1.28. The van der Waals surface area contributed by atoms with Gasteiger partial charge < -0.3 is 14.9 Å². The predicted molar refractivity (Wildman–Crippen MR) is 47.8 cm³/mol. The summed E-state index contributed by atoms with van der Waals surface area (Å²) in [6.45, 7) is 3.36. The Bertz CT molecular complexity index is 83.8. The molecule has 0 aliphatic rings. The maximum Gasteiger partial charge on any atom is 0.153 e. The molecule has 3 heteroatoms. The van der Waals surface area contributed by atoms with Crippen LogP contribution in [0.2, 0.25) is 0 Å². The van der Waals surface area contributed by atoms with E-state index >= 15 is 0 Å². The van der Waals surface area contributed by atoms with Gasteiger partial charge in [0.1, 0.15) is 0 Å². The Morgan fingerprint density at radius 3 is 2.42 bits per heavy atom. The number of rotatable bonds is 8. The van der Waals surface area contributed by atoms with Gasteiger partial charge in [0.05, 0.1) is 6.61 Å². The molecule has 0 radical (unpaired) electrons. The average molecular weight is 176 g/mol. The second-order valence-corrected chi connectivity index (χ2v) is 2.94. The third-order valence-corrected chi connectivity index (χ3v) is 1.66. The molecular weight excluding hydrogens is 156 g/mol. The molecule has 0 atom stereocenters. The minimum Gasteiger partial charge on any atom is -0.381 e. The van der Waals surface area contributed by atoms with Crippen LogP contribution < -0.4 is 0 Å². The van der Waals surface area contributed by atoms with Crippen LogP contribution in [0.15, 0.2) is 0 Å². The van der Waals surface area contributed by atoms with Gasteiger partial charge in [-0.3, -0.25) is 0 Å². The Morgan fingerprint density at radius 2 is 1.83 bits per heavy atom. The van der Waals surface area contributed by atoms with Crippen molar-refractivity contribution in [3.05, 3.63) is 0 Å². The summed E-state index contributed by atoms with van der Waals surface area (Å²) in [5, 5.41) is 16.9. The maximum absolute atomic E-state index is 8.47. The summed E-state index contributed by atoms with van der Waals surface area (Å²) in [4.78, 5) is 0. The SMILES string of the molecule is CCCCCCOCCC(O)O. The molecule has 12 heavy (non-hydrogen) atoms. The van der Waals surface area contributed by atoms with E-state index in [2.05, 4.69) is 6.92 Å². The summed E-state index contributed by atoms with van der Waals surface area (Å²) < 4.78 is 5.17. The first-order valence-corrected chi connectivity index (χ1v) is 4.71. The highest BCUT2D eigenvalue weighted by Crippen LogP contribution is 1.99. The fraction of sp³-hybridized carbons (Fsp3) is 1.00. The van der Waals surface area contributed by atoms with Crippen molar-refractivity contribution in [2.45, 2.75) is 45.3 Å². The Labute approximate surface area is 74.4 Å². The number of hydrogen-bond acceptors (Lipinski definition) is 3.